The maximum absolute atomic E-state index is 13.3. The number of aromatic nitrogens is 5. The van der Waals surface area contributed by atoms with Gasteiger partial charge < -0.3 is 10.1 Å². The number of hydrogen-bond acceptors (Lipinski definition) is 6. The number of carbonyl (C=O) groups excluding carboxylic acids is 1. The number of methoxy groups -OCH3 is 1. The van der Waals surface area contributed by atoms with Crippen molar-refractivity contribution in [3.05, 3.63) is 53.7 Å². The molecule has 0 bridgehead atoms. The van der Waals surface area contributed by atoms with Crippen molar-refractivity contribution in [3.8, 4) is 11.3 Å². The molecule has 164 valence electrons. The Bertz CT molecular complexity index is 1000. The highest BCUT2D eigenvalue weighted by Gasteiger charge is 2.27. The van der Waals surface area contributed by atoms with Crippen LogP contribution in [-0.4, -0.2) is 68.8 Å². The van der Waals surface area contributed by atoms with Crippen LogP contribution < -0.4 is 5.32 Å². The number of carbonyl (C=O) groups is 1. The summed E-state index contributed by atoms with van der Waals surface area (Å²) in [5, 5.41) is 18.1. The minimum atomic E-state index is -0.260. The molecule has 1 amide bonds. The SMILES string of the molecule is COCCNC(=O)c1cn(C[C@@H]2CCCN2Cc2cn[nH]c2-c2ccc(F)cc2)nn1. The number of nitrogens with zero attached hydrogens (tertiary/aromatic N) is 5. The van der Waals surface area contributed by atoms with Gasteiger partial charge >= 0.3 is 0 Å². The quantitative estimate of drug-likeness (QED) is 0.506. The van der Waals surface area contributed by atoms with Gasteiger partial charge in [-0.2, -0.15) is 5.10 Å². The topological polar surface area (TPSA) is 101 Å². The Kier molecular flexibility index (Phi) is 6.68. The summed E-state index contributed by atoms with van der Waals surface area (Å²) < 4.78 is 19.9. The van der Waals surface area contributed by atoms with Crippen LogP contribution in [-0.2, 0) is 17.8 Å². The highest BCUT2D eigenvalue weighted by Crippen LogP contribution is 2.26. The van der Waals surface area contributed by atoms with Gasteiger partial charge in [-0.3, -0.25) is 19.5 Å². The van der Waals surface area contributed by atoms with E-state index in [0.717, 1.165) is 42.8 Å². The lowest BCUT2D eigenvalue weighted by Crippen LogP contribution is -2.32. The largest absolute Gasteiger partial charge is 0.383 e. The Labute approximate surface area is 179 Å². The first-order valence-electron chi connectivity index (χ1n) is 10.3. The van der Waals surface area contributed by atoms with Crippen LogP contribution in [0.3, 0.4) is 0 Å². The first-order valence-corrected chi connectivity index (χ1v) is 10.3. The van der Waals surface area contributed by atoms with Gasteiger partial charge in [-0.25, -0.2) is 4.39 Å². The van der Waals surface area contributed by atoms with Crippen molar-refractivity contribution in [3.63, 3.8) is 0 Å². The van der Waals surface area contributed by atoms with Gasteiger partial charge in [-0.15, -0.1) is 5.10 Å². The highest BCUT2D eigenvalue weighted by molar-refractivity contribution is 5.91. The number of amides is 1. The molecule has 1 fully saturated rings. The van der Waals surface area contributed by atoms with Gasteiger partial charge in [0.05, 0.1) is 31.2 Å². The predicted octanol–water partition coefficient (Wildman–Crippen LogP) is 1.85. The number of benzene rings is 1. The fourth-order valence-electron chi connectivity index (χ4n) is 3.89. The van der Waals surface area contributed by atoms with Crippen molar-refractivity contribution in [2.75, 3.05) is 26.8 Å². The molecule has 3 aromatic rings. The predicted molar refractivity (Wildman–Crippen MR) is 112 cm³/mol. The van der Waals surface area contributed by atoms with Gasteiger partial charge in [0, 0.05) is 37.4 Å². The number of hydrogen-bond donors (Lipinski definition) is 2. The Balaban J connectivity index is 1.39. The molecule has 0 radical (unpaired) electrons. The normalized spacial score (nSPS) is 16.6. The maximum atomic E-state index is 13.3. The second-order valence-corrected chi connectivity index (χ2v) is 7.62. The van der Waals surface area contributed by atoms with E-state index >= 15 is 0 Å². The molecule has 3 heterocycles. The molecule has 1 atom stereocenters. The van der Waals surface area contributed by atoms with E-state index in [9.17, 15) is 9.18 Å². The van der Waals surface area contributed by atoms with E-state index in [2.05, 4.69) is 30.7 Å². The molecule has 31 heavy (non-hydrogen) atoms. The van der Waals surface area contributed by atoms with Gasteiger partial charge in [0.2, 0.25) is 0 Å². The molecule has 0 unspecified atom stereocenters. The standard InChI is InChI=1S/C21H26FN7O2/c1-31-10-8-23-21(30)19-14-29(27-25-19)13-18-3-2-9-28(18)12-16-11-24-26-20(16)15-4-6-17(22)7-5-15/h4-7,11,14,18H,2-3,8-10,12-13H2,1H3,(H,23,30)(H,24,26)/t18-/m0/s1. The lowest BCUT2D eigenvalue weighted by molar-refractivity contribution is 0.0932. The Morgan fingerprint density at radius 1 is 1.35 bits per heavy atom. The van der Waals surface area contributed by atoms with Crippen molar-refractivity contribution in [1.82, 2.24) is 35.4 Å². The number of H-pyrrole nitrogens is 1. The van der Waals surface area contributed by atoms with Crippen molar-refractivity contribution < 1.29 is 13.9 Å². The van der Waals surface area contributed by atoms with E-state index in [-0.39, 0.29) is 17.8 Å². The van der Waals surface area contributed by atoms with E-state index < -0.39 is 0 Å². The van der Waals surface area contributed by atoms with Crippen LogP contribution in [0.5, 0.6) is 0 Å². The fraction of sp³-hybridized carbons (Fsp3) is 0.429. The molecule has 1 aromatic carbocycles. The van der Waals surface area contributed by atoms with E-state index in [4.69, 9.17) is 4.74 Å². The maximum Gasteiger partial charge on any atom is 0.273 e. The summed E-state index contributed by atoms with van der Waals surface area (Å²) in [7, 11) is 1.59. The fourth-order valence-corrected chi connectivity index (χ4v) is 3.89. The number of likely N-dealkylation sites (tertiary alicyclic amines) is 1. The van der Waals surface area contributed by atoms with Gasteiger partial charge in [0.15, 0.2) is 5.69 Å². The molecule has 0 aliphatic carbocycles. The molecule has 0 spiro atoms. The van der Waals surface area contributed by atoms with Crippen molar-refractivity contribution in [2.45, 2.75) is 32.0 Å². The first kappa shape index (κ1) is 21.1. The first-order chi connectivity index (χ1) is 15.1. The third-order valence-electron chi connectivity index (χ3n) is 5.48. The number of rotatable bonds is 9. The van der Waals surface area contributed by atoms with Crippen LogP contribution in [0.2, 0.25) is 0 Å². The Morgan fingerprint density at radius 3 is 3.00 bits per heavy atom. The number of nitrogens with one attached hydrogen (secondary N) is 2. The number of ether oxygens (including phenoxy) is 1. The summed E-state index contributed by atoms with van der Waals surface area (Å²) in [5.41, 5.74) is 3.18. The average molecular weight is 427 g/mol. The molecule has 10 heteroatoms. The van der Waals surface area contributed by atoms with Crippen LogP contribution in [0.4, 0.5) is 4.39 Å². The van der Waals surface area contributed by atoms with E-state index in [1.165, 1.54) is 12.1 Å². The van der Waals surface area contributed by atoms with Gasteiger partial charge in [0.1, 0.15) is 5.82 Å². The monoisotopic (exact) mass is 427 g/mol. The van der Waals surface area contributed by atoms with Crippen molar-refractivity contribution in [2.24, 2.45) is 0 Å². The number of aromatic amines is 1. The lowest BCUT2D eigenvalue weighted by Gasteiger charge is -2.24. The summed E-state index contributed by atoms with van der Waals surface area (Å²) in [6.07, 6.45) is 5.64. The van der Waals surface area contributed by atoms with Crippen LogP contribution in [0.25, 0.3) is 11.3 Å². The molecule has 0 saturated carbocycles. The Hall–Kier alpha value is -3.11. The van der Waals surface area contributed by atoms with Crippen LogP contribution >= 0.6 is 0 Å². The Morgan fingerprint density at radius 2 is 2.19 bits per heavy atom. The zero-order valence-corrected chi connectivity index (χ0v) is 17.4. The molecule has 1 aliphatic heterocycles. The van der Waals surface area contributed by atoms with Crippen molar-refractivity contribution in [1.29, 1.82) is 0 Å². The molecule has 1 saturated heterocycles. The minimum Gasteiger partial charge on any atom is -0.383 e. The number of halogens is 1. The summed E-state index contributed by atoms with van der Waals surface area (Å²) in [5.74, 6) is -0.516. The summed E-state index contributed by atoms with van der Waals surface area (Å²) in [4.78, 5) is 14.5. The van der Waals surface area contributed by atoms with Crippen molar-refractivity contribution >= 4 is 5.91 Å². The van der Waals surface area contributed by atoms with Crippen LogP contribution in [0, 0.1) is 5.82 Å². The molecule has 9 nitrogen and oxygen atoms in total. The molecule has 2 aromatic heterocycles. The smallest absolute Gasteiger partial charge is 0.273 e. The van der Waals surface area contributed by atoms with Crippen LogP contribution in [0.1, 0.15) is 28.9 Å². The zero-order valence-electron chi connectivity index (χ0n) is 17.4. The zero-order chi connectivity index (χ0) is 21.6. The summed E-state index contributed by atoms with van der Waals surface area (Å²) in [6.45, 7) is 3.23. The van der Waals surface area contributed by atoms with E-state index in [0.29, 0.717) is 25.4 Å². The lowest BCUT2D eigenvalue weighted by atomic mass is 10.1. The second-order valence-electron chi connectivity index (χ2n) is 7.62. The van der Waals surface area contributed by atoms with Gasteiger partial charge in [0.25, 0.3) is 5.91 Å². The van der Waals surface area contributed by atoms with E-state index in [1.807, 2.05) is 6.20 Å². The van der Waals surface area contributed by atoms with E-state index in [1.54, 1.807) is 30.1 Å². The molecular weight excluding hydrogens is 401 g/mol. The minimum absolute atomic E-state index is 0.256. The molecule has 1 aliphatic rings. The third-order valence-corrected chi connectivity index (χ3v) is 5.48. The third kappa shape index (κ3) is 5.15. The van der Waals surface area contributed by atoms with Crippen LogP contribution in [0.15, 0.2) is 36.7 Å². The summed E-state index contributed by atoms with van der Waals surface area (Å²) in [6, 6.07) is 6.69. The molecular formula is C21H26FN7O2. The van der Waals surface area contributed by atoms with Gasteiger partial charge in [-0.05, 0) is 43.7 Å². The summed E-state index contributed by atoms with van der Waals surface area (Å²) >= 11 is 0. The highest BCUT2D eigenvalue weighted by atomic mass is 19.1. The second kappa shape index (κ2) is 9.80. The molecule has 4 rings (SSSR count). The van der Waals surface area contributed by atoms with Gasteiger partial charge in [-0.1, -0.05) is 5.21 Å². The average Bonchev–Trinajstić information content (AvgIpc) is 3.52. The molecule has 2 N–H and O–H groups in total.